The van der Waals surface area contributed by atoms with Crippen molar-refractivity contribution in [1.82, 2.24) is 9.55 Å². The standard InChI is InChI=1S/C10H6ClN3/c11-9-1-2-10(8(5-9)6-12)14-4-3-13-7-14/h1-5,7H. The Morgan fingerprint density at radius 2 is 2.29 bits per heavy atom. The first-order valence-electron chi connectivity index (χ1n) is 3.99. The van der Waals surface area contributed by atoms with Gasteiger partial charge < -0.3 is 4.57 Å². The summed E-state index contributed by atoms with van der Waals surface area (Å²) in [5.41, 5.74) is 1.32. The van der Waals surface area contributed by atoms with Crippen molar-refractivity contribution in [3.05, 3.63) is 47.5 Å². The summed E-state index contributed by atoms with van der Waals surface area (Å²) in [5, 5.41) is 9.46. The number of hydrogen-bond acceptors (Lipinski definition) is 2. The fourth-order valence-electron chi connectivity index (χ4n) is 1.22. The van der Waals surface area contributed by atoms with Crippen molar-refractivity contribution >= 4 is 11.6 Å². The van der Waals surface area contributed by atoms with E-state index in [9.17, 15) is 0 Å². The molecule has 0 aliphatic rings. The van der Waals surface area contributed by atoms with Gasteiger partial charge in [0.15, 0.2) is 0 Å². The second kappa shape index (κ2) is 3.52. The van der Waals surface area contributed by atoms with Crippen LogP contribution in [0.3, 0.4) is 0 Å². The Kier molecular flexibility index (Phi) is 2.21. The Labute approximate surface area is 86.2 Å². The molecule has 0 radical (unpaired) electrons. The molecular weight excluding hydrogens is 198 g/mol. The van der Waals surface area contributed by atoms with Crippen LogP contribution in [0.4, 0.5) is 0 Å². The van der Waals surface area contributed by atoms with Gasteiger partial charge in [-0.15, -0.1) is 0 Å². The summed E-state index contributed by atoms with van der Waals surface area (Å²) < 4.78 is 1.77. The van der Waals surface area contributed by atoms with Crippen molar-refractivity contribution in [3.8, 4) is 11.8 Å². The van der Waals surface area contributed by atoms with E-state index in [1.165, 1.54) is 0 Å². The highest BCUT2D eigenvalue weighted by Crippen LogP contribution is 2.18. The second-order valence-electron chi connectivity index (χ2n) is 2.74. The molecule has 1 heterocycles. The van der Waals surface area contributed by atoms with Gasteiger partial charge in [0, 0.05) is 17.4 Å². The van der Waals surface area contributed by atoms with Gasteiger partial charge in [0.2, 0.25) is 0 Å². The van der Waals surface area contributed by atoms with Gasteiger partial charge in [-0.1, -0.05) is 11.6 Å². The molecule has 68 valence electrons. The normalized spacial score (nSPS) is 9.71. The molecule has 3 nitrogen and oxygen atoms in total. The molecule has 0 N–H and O–H groups in total. The lowest BCUT2D eigenvalue weighted by Gasteiger charge is -2.04. The number of benzene rings is 1. The van der Waals surface area contributed by atoms with Crippen LogP contribution in [-0.4, -0.2) is 9.55 Å². The van der Waals surface area contributed by atoms with E-state index >= 15 is 0 Å². The molecule has 0 atom stereocenters. The highest BCUT2D eigenvalue weighted by Gasteiger charge is 2.03. The van der Waals surface area contributed by atoms with Crippen LogP contribution < -0.4 is 0 Å². The van der Waals surface area contributed by atoms with Crippen LogP contribution in [0.15, 0.2) is 36.9 Å². The summed E-state index contributed by atoms with van der Waals surface area (Å²) in [5.74, 6) is 0. The molecule has 0 spiro atoms. The zero-order chi connectivity index (χ0) is 9.97. The summed E-state index contributed by atoms with van der Waals surface area (Å²) >= 11 is 5.78. The molecule has 1 aromatic carbocycles. The van der Waals surface area contributed by atoms with Crippen LogP contribution in [0, 0.1) is 11.3 Å². The Hall–Kier alpha value is -1.79. The summed E-state index contributed by atoms with van der Waals surface area (Å²) in [6, 6.07) is 7.27. The van der Waals surface area contributed by atoms with Crippen LogP contribution in [0.5, 0.6) is 0 Å². The maximum atomic E-state index is 8.90. The first kappa shape index (κ1) is 8.79. The van der Waals surface area contributed by atoms with E-state index < -0.39 is 0 Å². The number of halogens is 1. The number of rotatable bonds is 1. The van der Waals surface area contributed by atoms with Gasteiger partial charge in [0.25, 0.3) is 0 Å². The molecule has 0 fully saturated rings. The SMILES string of the molecule is N#Cc1cc(Cl)ccc1-n1ccnc1. The van der Waals surface area contributed by atoms with Gasteiger partial charge in [-0.2, -0.15) is 5.26 Å². The predicted molar refractivity (Wildman–Crippen MR) is 53.3 cm³/mol. The average molecular weight is 204 g/mol. The molecule has 0 saturated carbocycles. The molecule has 0 saturated heterocycles. The van der Waals surface area contributed by atoms with Crippen molar-refractivity contribution < 1.29 is 0 Å². The van der Waals surface area contributed by atoms with Gasteiger partial charge in [0.05, 0.1) is 17.6 Å². The van der Waals surface area contributed by atoms with Crippen molar-refractivity contribution in [2.75, 3.05) is 0 Å². The Morgan fingerprint density at radius 3 is 2.93 bits per heavy atom. The molecule has 0 unspecified atom stereocenters. The molecule has 1 aromatic heterocycles. The topological polar surface area (TPSA) is 41.6 Å². The minimum absolute atomic E-state index is 0.538. The lowest BCUT2D eigenvalue weighted by molar-refractivity contribution is 1.05. The number of nitriles is 1. The van der Waals surface area contributed by atoms with Gasteiger partial charge in [0.1, 0.15) is 6.07 Å². The van der Waals surface area contributed by atoms with E-state index in [1.54, 1.807) is 41.5 Å². The van der Waals surface area contributed by atoms with E-state index in [1.807, 2.05) is 0 Å². The van der Waals surface area contributed by atoms with Crippen molar-refractivity contribution in [3.63, 3.8) is 0 Å². The Balaban J connectivity index is 2.60. The van der Waals surface area contributed by atoms with E-state index in [0.717, 1.165) is 5.69 Å². The first-order chi connectivity index (χ1) is 6.81. The quantitative estimate of drug-likeness (QED) is 0.714. The zero-order valence-corrected chi connectivity index (χ0v) is 7.94. The van der Waals surface area contributed by atoms with E-state index in [2.05, 4.69) is 11.1 Å². The van der Waals surface area contributed by atoms with Crippen LogP contribution in [0.1, 0.15) is 5.56 Å². The maximum absolute atomic E-state index is 8.90. The van der Waals surface area contributed by atoms with Crippen molar-refractivity contribution in [2.45, 2.75) is 0 Å². The number of hydrogen-bond donors (Lipinski definition) is 0. The largest absolute Gasteiger partial charge is 0.305 e. The average Bonchev–Trinajstić information content (AvgIpc) is 2.70. The number of aromatic nitrogens is 2. The molecule has 0 bridgehead atoms. The van der Waals surface area contributed by atoms with Crippen LogP contribution >= 0.6 is 11.6 Å². The monoisotopic (exact) mass is 203 g/mol. The summed E-state index contributed by atoms with van der Waals surface area (Å²) in [6.45, 7) is 0. The first-order valence-corrected chi connectivity index (χ1v) is 4.37. The molecule has 0 aliphatic heterocycles. The smallest absolute Gasteiger partial charge is 0.101 e. The zero-order valence-electron chi connectivity index (χ0n) is 7.18. The van der Waals surface area contributed by atoms with Gasteiger partial charge in [-0.3, -0.25) is 0 Å². The van der Waals surface area contributed by atoms with Crippen LogP contribution in [-0.2, 0) is 0 Å². The Morgan fingerprint density at radius 1 is 1.43 bits per heavy atom. The fraction of sp³-hybridized carbons (Fsp3) is 0. The highest BCUT2D eigenvalue weighted by molar-refractivity contribution is 6.30. The molecule has 0 aliphatic carbocycles. The van der Waals surface area contributed by atoms with E-state index in [0.29, 0.717) is 10.6 Å². The molecular formula is C10H6ClN3. The van der Waals surface area contributed by atoms with E-state index in [4.69, 9.17) is 16.9 Å². The van der Waals surface area contributed by atoms with Crippen molar-refractivity contribution in [2.24, 2.45) is 0 Å². The minimum Gasteiger partial charge on any atom is -0.305 e. The van der Waals surface area contributed by atoms with Gasteiger partial charge >= 0.3 is 0 Å². The number of imidazole rings is 1. The van der Waals surface area contributed by atoms with E-state index in [-0.39, 0.29) is 0 Å². The lowest BCUT2D eigenvalue weighted by atomic mass is 10.2. The van der Waals surface area contributed by atoms with Crippen molar-refractivity contribution in [1.29, 1.82) is 5.26 Å². The molecule has 4 heteroatoms. The molecule has 2 rings (SSSR count). The van der Waals surface area contributed by atoms with Crippen LogP contribution in [0.2, 0.25) is 5.02 Å². The third-order valence-electron chi connectivity index (χ3n) is 1.86. The molecule has 14 heavy (non-hydrogen) atoms. The van der Waals surface area contributed by atoms with Gasteiger partial charge in [-0.05, 0) is 18.2 Å². The summed E-state index contributed by atoms with van der Waals surface area (Å²) in [4.78, 5) is 3.92. The molecule has 2 aromatic rings. The second-order valence-corrected chi connectivity index (χ2v) is 3.18. The highest BCUT2D eigenvalue weighted by atomic mass is 35.5. The van der Waals surface area contributed by atoms with Gasteiger partial charge in [-0.25, -0.2) is 4.98 Å². The minimum atomic E-state index is 0.538. The van der Waals surface area contributed by atoms with Crippen LogP contribution in [0.25, 0.3) is 5.69 Å². The predicted octanol–water partition coefficient (Wildman–Crippen LogP) is 2.40. The lowest BCUT2D eigenvalue weighted by Crippen LogP contribution is -1.93. The molecule has 0 amide bonds. The third-order valence-corrected chi connectivity index (χ3v) is 2.10. The summed E-state index contributed by atoms with van der Waals surface area (Å²) in [6.07, 6.45) is 5.09. The maximum Gasteiger partial charge on any atom is 0.101 e. The number of nitrogens with zero attached hydrogens (tertiary/aromatic N) is 3. The third kappa shape index (κ3) is 1.48. The fourth-order valence-corrected chi connectivity index (χ4v) is 1.40. The Bertz CT molecular complexity index is 483. The summed E-state index contributed by atoms with van der Waals surface area (Å²) in [7, 11) is 0.